The van der Waals surface area contributed by atoms with Gasteiger partial charge >= 0.3 is 0 Å². The quantitative estimate of drug-likeness (QED) is 0.560. The van der Waals surface area contributed by atoms with Gasteiger partial charge in [-0.25, -0.2) is 5.43 Å². The molecule has 1 heterocycles. The van der Waals surface area contributed by atoms with Crippen LogP contribution in [0.1, 0.15) is 18.1 Å². The number of hydrogen-bond acceptors (Lipinski definition) is 6. The Morgan fingerprint density at radius 3 is 2.62 bits per heavy atom. The van der Waals surface area contributed by atoms with Crippen LogP contribution in [0.2, 0.25) is 0 Å². The highest BCUT2D eigenvalue weighted by Gasteiger charge is 2.09. The number of aromatic nitrogens is 4. The second kappa shape index (κ2) is 7.81. The maximum atomic E-state index is 12.0. The number of nitriles is 1. The van der Waals surface area contributed by atoms with Crippen molar-refractivity contribution in [2.75, 3.05) is 0 Å². The molecule has 0 fully saturated rings. The summed E-state index contributed by atoms with van der Waals surface area (Å²) in [4.78, 5) is 13.2. The van der Waals surface area contributed by atoms with Crippen LogP contribution in [0.3, 0.4) is 0 Å². The molecule has 26 heavy (non-hydrogen) atoms. The lowest BCUT2D eigenvalue weighted by Gasteiger charge is -2.02. The lowest BCUT2D eigenvalue weighted by Crippen LogP contribution is -2.25. The van der Waals surface area contributed by atoms with Crippen molar-refractivity contribution >= 4 is 11.6 Å². The average Bonchev–Trinajstić information content (AvgIpc) is 3.15. The summed E-state index contributed by atoms with van der Waals surface area (Å²) in [5.41, 5.74) is 5.30. The molecule has 3 aromatic rings. The molecule has 0 aliphatic rings. The Morgan fingerprint density at radius 1 is 1.19 bits per heavy atom. The average molecular weight is 345 g/mol. The highest BCUT2D eigenvalue weighted by molar-refractivity contribution is 5.99. The number of nitrogens with one attached hydrogen (secondary N) is 1. The van der Waals surface area contributed by atoms with E-state index < -0.39 is 0 Å². The molecule has 0 bridgehead atoms. The van der Waals surface area contributed by atoms with Gasteiger partial charge in [0.2, 0.25) is 5.82 Å². The van der Waals surface area contributed by atoms with E-state index in [1.54, 1.807) is 31.2 Å². The van der Waals surface area contributed by atoms with Gasteiger partial charge in [-0.15, -0.1) is 10.2 Å². The summed E-state index contributed by atoms with van der Waals surface area (Å²) in [5, 5.41) is 24.8. The number of carbonyl (C=O) groups excluding carboxylic acids is 1. The summed E-state index contributed by atoms with van der Waals surface area (Å²) in [6, 6.07) is 18.4. The number of hydrazone groups is 1. The van der Waals surface area contributed by atoms with E-state index in [9.17, 15) is 4.79 Å². The number of amides is 1. The number of rotatable bonds is 5. The summed E-state index contributed by atoms with van der Waals surface area (Å²) < 4.78 is 0. The van der Waals surface area contributed by atoms with Crippen molar-refractivity contribution in [2.24, 2.45) is 5.10 Å². The van der Waals surface area contributed by atoms with Gasteiger partial charge in [-0.05, 0) is 29.8 Å². The summed E-state index contributed by atoms with van der Waals surface area (Å²) in [5.74, 6) is 0.0886. The predicted molar refractivity (Wildman–Crippen MR) is 94.8 cm³/mol. The number of benzene rings is 2. The molecule has 128 valence electrons. The molecule has 8 heteroatoms. The zero-order chi connectivity index (χ0) is 18.4. The summed E-state index contributed by atoms with van der Waals surface area (Å²) in [7, 11) is 0. The molecule has 2 aromatic carbocycles. The third kappa shape index (κ3) is 4.15. The Bertz CT molecular complexity index is 969. The van der Waals surface area contributed by atoms with E-state index in [-0.39, 0.29) is 12.5 Å². The molecule has 0 atom stereocenters. The van der Waals surface area contributed by atoms with E-state index in [0.717, 1.165) is 11.1 Å². The first-order valence-electron chi connectivity index (χ1n) is 7.82. The van der Waals surface area contributed by atoms with Gasteiger partial charge in [0.15, 0.2) is 0 Å². The van der Waals surface area contributed by atoms with Crippen LogP contribution < -0.4 is 5.43 Å². The first-order chi connectivity index (χ1) is 12.7. The van der Waals surface area contributed by atoms with Crippen LogP contribution in [-0.4, -0.2) is 31.8 Å². The predicted octanol–water partition coefficient (Wildman–Crippen LogP) is 1.75. The highest BCUT2D eigenvalue weighted by Crippen LogP contribution is 2.11. The van der Waals surface area contributed by atoms with Gasteiger partial charge in [-0.2, -0.15) is 15.2 Å². The van der Waals surface area contributed by atoms with Gasteiger partial charge in [-0.3, -0.25) is 4.79 Å². The first kappa shape index (κ1) is 17.0. The smallest absolute Gasteiger partial charge is 0.263 e. The molecule has 0 unspecified atom stereocenters. The number of carbonyl (C=O) groups is 1. The lowest BCUT2D eigenvalue weighted by molar-refractivity contribution is -0.122. The third-order valence-corrected chi connectivity index (χ3v) is 3.55. The standard InChI is InChI=1S/C18H15N7O/c1-13(15-9-7-14(11-19)8-10-15)20-21-17(26)12-25-23-18(22-24-25)16-5-3-2-4-6-16/h2-10H,12H2,1H3,(H,21,26)/b20-13-. The van der Waals surface area contributed by atoms with E-state index >= 15 is 0 Å². The van der Waals surface area contributed by atoms with E-state index in [1.807, 2.05) is 30.3 Å². The van der Waals surface area contributed by atoms with Gasteiger partial charge in [0.05, 0.1) is 17.3 Å². The molecule has 0 saturated carbocycles. The summed E-state index contributed by atoms with van der Waals surface area (Å²) in [6.07, 6.45) is 0. The summed E-state index contributed by atoms with van der Waals surface area (Å²) in [6.45, 7) is 1.67. The minimum absolute atomic E-state index is 0.0933. The van der Waals surface area contributed by atoms with Crippen molar-refractivity contribution in [1.29, 1.82) is 5.26 Å². The first-order valence-corrected chi connectivity index (χ1v) is 7.82. The van der Waals surface area contributed by atoms with Crippen molar-refractivity contribution in [3.8, 4) is 17.5 Å². The zero-order valence-corrected chi connectivity index (χ0v) is 14.0. The topological polar surface area (TPSA) is 109 Å². The maximum Gasteiger partial charge on any atom is 0.263 e. The highest BCUT2D eigenvalue weighted by atomic mass is 16.2. The van der Waals surface area contributed by atoms with E-state index in [4.69, 9.17) is 5.26 Å². The number of nitrogens with zero attached hydrogens (tertiary/aromatic N) is 6. The van der Waals surface area contributed by atoms with Gasteiger partial charge in [0, 0.05) is 5.56 Å². The van der Waals surface area contributed by atoms with E-state index in [1.165, 1.54) is 4.80 Å². The monoisotopic (exact) mass is 345 g/mol. The van der Waals surface area contributed by atoms with Crippen molar-refractivity contribution in [3.63, 3.8) is 0 Å². The van der Waals surface area contributed by atoms with Crippen molar-refractivity contribution in [1.82, 2.24) is 25.6 Å². The van der Waals surface area contributed by atoms with Gasteiger partial charge in [-0.1, -0.05) is 42.5 Å². The van der Waals surface area contributed by atoms with Crippen molar-refractivity contribution in [3.05, 3.63) is 65.7 Å². The molecule has 0 aliphatic heterocycles. The second-order valence-electron chi connectivity index (χ2n) is 5.43. The fourth-order valence-corrected chi connectivity index (χ4v) is 2.17. The molecule has 0 radical (unpaired) electrons. The molecule has 1 aromatic heterocycles. The fourth-order valence-electron chi connectivity index (χ4n) is 2.17. The Hall–Kier alpha value is -3.86. The Kier molecular flexibility index (Phi) is 5.10. The van der Waals surface area contributed by atoms with E-state index in [0.29, 0.717) is 17.1 Å². The van der Waals surface area contributed by atoms with Crippen LogP contribution in [0, 0.1) is 11.3 Å². The molecule has 0 saturated heterocycles. The second-order valence-corrected chi connectivity index (χ2v) is 5.43. The van der Waals surface area contributed by atoms with Crippen LogP contribution in [0.15, 0.2) is 59.7 Å². The fraction of sp³-hybridized carbons (Fsp3) is 0.111. The molecule has 0 spiro atoms. The van der Waals surface area contributed by atoms with Crippen LogP contribution in [-0.2, 0) is 11.3 Å². The summed E-state index contributed by atoms with van der Waals surface area (Å²) >= 11 is 0. The van der Waals surface area contributed by atoms with Crippen molar-refractivity contribution < 1.29 is 4.79 Å². The Labute approximate surface area is 149 Å². The molecular weight excluding hydrogens is 330 g/mol. The Balaban J connectivity index is 1.60. The largest absolute Gasteiger partial charge is 0.271 e. The van der Waals surface area contributed by atoms with Crippen LogP contribution in [0.25, 0.3) is 11.4 Å². The molecule has 0 aliphatic carbocycles. The van der Waals surface area contributed by atoms with Crippen LogP contribution in [0.5, 0.6) is 0 Å². The molecule has 3 rings (SSSR count). The van der Waals surface area contributed by atoms with E-state index in [2.05, 4.69) is 32.0 Å². The van der Waals surface area contributed by atoms with Gasteiger partial charge in [0.1, 0.15) is 6.54 Å². The zero-order valence-electron chi connectivity index (χ0n) is 14.0. The molecule has 1 N–H and O–H groups in total. The van der Waals surface area contributed by atoms with Crippen LogP contribution in [0.4, 0.5) is 0 Å². The normalized spacial score (nSPS) is 11.0. The number of tetrazole rings is 1. The van der Waals surface area contributed by atoms with Gasteiger partial charge < -0.3 is 0 Å². The Morgan fingerprint density at radius 2 is 1.92 bits per heavy atom. The van der Waals surface area contributed by atoms with Gasteiger partial charge in [0.25, 0.3) is 5.91 Å². The minimum atomic E-state index is -0.366. The third-order valence-electron chi connectivity index (χ3n) is 3.55. The molecule has 1 amide bonds. The lowest BCUT2D eigenvalue weighted by atomic mass is 10.1. The molecular formula is C18H15N7O. The SMILES string of the molecule is C/C(=N/NC(=O)Cn1nnc(-c2ccccc2)n1)c1ccc(C#N)cc1. The minimum Gasteiger partial charge on any atom is -0.271 e. The van der Waals surface area contributed by atoms with Crippen LogP contribution >= 0.6 is 0 Å². The molecule has 8 nitrogen and oxygen atoms in total. The maximum absolute atomic E-state index is 12.0. The number of hydrogen-bond donors (Lipinski definition) is 1. The van der Waals surface area contributed by atoms with Crippen molar-refractivity contribution in [2.45, 2.75) is 13.5 Å².